The molecule has 0 heterocycles. The van der Waals surface area contributed by atoms with Crippen molar-refractivity contribution in [2.75, 3.05) is 7.11 Å². The fraction of sp³-hybridized carbons (Fsp3) is 0.0714. The van der Waals surface area contributed by atoms with Crippen molar-refractivity contribution >= 4 is 38.2 Å². The van der Waals surface area contributed by atoms with E-state index < -0.39 is 21.6 Å². The van der Waals surface area contributed by atoms with E-state index in [-0.39, 0.29) is 10.6 Å². The van der Waals surface area contributed by atoms with E-state index in [1.165, 1.54) is 43.7 Å². The third kappa shape index (κ3) is 5.94. The van der Waals surface area contributed by atoms with Crippen LogP contribution in [-0.2, 0) is 20.5 Å². The number of carbonyl (C=O) groups is 1. The van der Waals surface area contributed by atoms with Gasteiger partial charge >= 0.3 is 10.1 Å². The van der Waals surface area contributed by atoms with Crippen LogP contribution in [0.25, 0.3) is 0 Å². The van der Waals surface area contributed by atoms with Gasteiger partial charge in [0.1, 0.15) is 10.6 Å². The van der Waals surface area contributed by atoms with Crippen molar-refractivity contribution in [2.24, 2.45) is 5.10 Å². The Bertz CT molecular complexity index is 1500. The second kappa shape index (κ2) is 11.6. The van der Waals surface area contributed by atoms with Crippen molar-refractivity contribution in [3.05, 3.63) is 124 Å². The number of hydrazone groups is 1. The van der Waals surface area contributed by atoms with Crippen molar-refractivity contribution < 1.29 is 27.2 Å². The Hall–Kier alpha value is -3.99. The van der Waals surface area contributed by atoms with Crippen LogP contribution in [0.15, 0.2) is 118 Å². The first kappa shape index (κ1) is 27.1. The van der Waals surface area contributed by atoms with Gasteiger partial charge in [-0.05, 0) is 75.1 Å². The van der Waals surface area contributed by atoms with Crippen molar-refractivity contribution in [3.63, 3.8) is 0 Å². The largest absolute Gasteiger partial charge is 0.497 e. The number of amides is 1. The molecule has 8 nitrogen and oxygen atoms in total. The number of hydrogen-bond acceptors (Lipinski definition) is 7. The third-order valence-corrected chi connectivity index (χ3v) is 7.46. The SMILES string of the molecule is COc1ccc(S(=O)(=O)Oc2ccc(/C=N/NC(=O)C(O)(c3ccccc3)c3ccccc3)cc2Br)cc1. The molecule has 4 aromatic rings. The number of hydrogen-bond donors (Lipinski definition) is 2. The summed E-state index contributed by atoms with van der Waals surface area (Å²) < 4.78 is 35.9. The minimum atomic E-state index is -4.07. The van der Waals surface area contributed by atoms with Gasteiger partial charge in [-0.1, -0.05) is 60.7 Å². The Kier molecular flexibility index (Phi) is 8.26. The van der Waals surface area contributed by atoms with E-state index in [0.717, 1.165) is 0 Å². The molecule has 4 rings (SSSR count). The van der Waals surface area contributed by atoms with Gasteiger partial charge in [-0.2, -0.15) is 13.5 Å². The highest BCUT2D eigenvalue weighted by molar-refractivity contribution is 9.10. The molecule has 0 aliphatic heterocycles. The average molecular weight is 595 g/mol. The van der Waals surface area contributed by atoms with E-state index >= 15 is 0 Å². The van der Waals surface area contributed by atoms with Crippen LogP contribution in [0.2, 0.25) is 0 Å². The van der Waals surface area contributed by atoms with E-state index in [1.54, 1.807) is 72.8 Å². The number of rotatable bonds is 9. The molecule has 1 amide bonds. The molecule has 0 aromatic heterocycles. The molecule has 10 heteroatoms. The first-order valence-electron chi connectivity index (χ1n) is 11.3. The van der Waals surface area contributed by atoms with Crippen LogP contribution in [0, 0.1) is 0 Å². The van der Waals surface area contributed by atoms with Crippen LogP contribution in [0.1, 0.15) is 16.7 Å². The van der Waals surface area contributed by atoms with Crippen molar-refractivity contribution in [1.82, 2.24) is 5.43 Å². The molecule has 0 bridgehead atoms. The summed E-state index contributed by atoms with van der Waals surface area (Å²) in [7, 11) is -2.59. The molecule has 0 aliphatic carbocycles. The highest BCUT2D eigenvalue weighted by atomic mass is 79.9. The molecule has 0 aliphatic rings. The molecule has 0 atom stereocenters. The number of halogens is 1. The van der Waals surface area contributed by atoms with Gasteiger partial charge in [0.25, 0.3) is 5.91 Å². The van der Waals surface area contributed by atoms with Gasteiger partial charge in [-0.3, -0.25) is 4.79 Å². The van der Waals surface area contributed by atoms with E-state index in [2.05, 4.69) is 26.5 Å². The summed E-state index contributed by atoms with van der Waals surface area (Å²) in [4.78, 5) is 13.1. The van der Waals surface area contributed by atoms with E-state index in [9.17, 15) is 18.3 Å². The predicted octanol–water partition coefficient (Wildman–Crippen LogP) is 4.61. The summed E-state index contributed by atoms with van der Waals surface area (Å²) in [6, 6.07) is 27.6. The molecular weight excluding hydrogens is 572 g/mol. The lowest BCUT2D eigenvalue weighted by Gasteiger charge is -2.27. The van der Waals surface area contributed by atoms with E-state index in [1.807, 2.05) is 0 Å². The minimum Gasteiger partial charge on any atom is -0.497 e. The number of nitrogens with one attached hydrogen (secondary N) is 1. The molecule has 0 saturated heterocycles. The quantitative estimate of drug-likeness (QED) is 0.166. The molecule has 194 valence electrons. The van der Waals surface area contributed by atoms with E-state index in [0.29, 0.717) is 26.9 Å². The maximum absolute atomic E-state index is 13.1. The first-order chi connectivity index (χ1) is 18.2. The summed E-state index contributed by atoms with van der Waals surface area (Å²) in [5, 5.41) is 15.4. The second-order valence-corrected chi connectivity index (χ2v) is 10.4. The van der Waals surface area contributed by atoms with Crippen LogP contribution >= 0.6 is 15.9 Å². The van der Waals surface area contributed by atoms with Crippen molar-refractivity contribution in [1.29, 1.82) is 0 Å². The van der Waals surface area contributed by atoms with Crippen LogP contribution in [0.5, 0.6) is 11.5 Å². The monoisotopic (exact) mass is 594 g/mol. The molecule has 0 radical (unpaired) electrons. The van der Waals surface area contributed by atoms with Crippen molar-refractivity contribution in [2.45, 2.75) is 10.5 Å². The zero-order chi connectivity index (χ0) is 27.2. The zero-order valence-corrected chi connectivity index (χ0v) is 22.5. The molecule has 0 fully saturated rings. The Morgan fingerprint density at radius 1 is 0.921 bits per heavy atom. The zero-order valence-electron chi connectivity index (χ0n) is 20.1. The fourth-order valence-corrected chi connectivity index (χ4v) is 5.14. The maximum Gasteiger partial charge on any atom is 0.339 e. The van der Waals surface area contributed by atoms with Crippen LogP contribution in [0.3, 0.4) is 0 Å². The molecule has 38 heavy (non-hydrogen) atoms. The molecular formula is C28H23BrN2O6S. The number of methoxy groups -OCH3 is 1. The highest BCUT2D eigenvalue weighted by Crippen LogP contribution is 2.31. The summed E-state index contributed by atoms with van der Waals surface area (Å²) in [6.45, 7) is 0. The molecule has 2 N–H and O–H groups in total. The third-order valence-electron chi connectivity index (χ3n) is 5.59. The topological polar surface area (TPSA) is 114 Å². The van der Waals surface area contributed by atoms with Gasteiger partial charge in [-0.15, -0.1) is 0 Å². The summed E-state index contributed by atoms with van der Waals surface area (Å²) in [6.07, 6.45) is 1.36. The second-order valence-electron chi connectivity index (χ2n) is 8.04. The number of ether oxygens (including phenoxy) is 1. The van der Waals surface area contributed by atoms with Gasteiger partial charge in [0, 0.05) is 0 Å². The van der Waals surface area contributed by atoms with Gasteiger partial charge in [-0.25, -0.2) is 5.43 Å². The van der Waals surface area contributed by atoms with Crippen LogP contribution in [-0.4, -0.2) is 32.8 Å². The van der Waals surface area contributed by atoms with Gasteiger partial charge in [0.2, 0.25) is 0 Å². The number of carbonyl (C=O) groups excluding carboxylic acids is 1. The number of nitrogens with zero attached hydrogens (tertiary/aromatic N) is 1. The lowest BCUT2D eigenvalue weighted by molar-refractivity contribution is -0.136. The van der Waals surface area contributed by atoms with Crippen LogP contribution in [0.4, 0.5) is 0 Å². The van der Waals surface area contributed by atoms with E-state index in [4.69, 9.17) is 8.92 Å². The van der Waals surface area contributed by atoms with Gasteiger partial charge in [0.05, 0.1) is 17.8 Å². The standard InChI is InChI=1S/C28H23BrN2O6S/c1-36-23-13-15-24(16-14-23)38(34,35)37-26-17-12-20(18-25(26)29)19-30-31-27(32)28(33,21-8-4-2-5-9-21)22-10-6-3-7-11-22/h2-19,33H,1H3,(H,31,32)/b30-19+. The van der Waals surface area contributed by atoms with Crippen molar-refractivity contribution in [3.8, 4) is 11.5 Å². The molecule has 4 aromatic carbocycles. The Labute approximate surface area is 228 Å². The number of benzene rings is 4. The molecule has 0 spiro atoms. The smallest absolute Gasteiger partial charge is 0.339 e. The fourth-order valence-electron chi connectivity index (χ4n) is 3.61. The minimum absolute atomic E-state index is 0.0251. The first-order valence-corrected chi connectivity index (χ1v) is 13.5. The maximum atomic E-state index is 13.1. The van der Waals surface area contributed by atoms with Gasteiger partial charge in [0.15, 0.2) is 11.4 Å². The Morgan fingerprint density at radius 2 is 1.50 bits per heavy atom. The van der Waals surface area contributed by atoms with Crippen LogP contribution < -0.4 is 14.3 Å². The Morgan fingerprint density at radius 3 is 2.03 bits per heavy atom. The lowest BCUT2D eigenvalue weighted by atomic mass is 9.85. The van der Waals surface area contributed by atoms with Gasteiger partial charge < -0.3 is 14.0 Å². The predicted molar refractivity (Wildman–Crippen MR) is 147 cm³/mol. The molecule has 0 unspecified atom stereocenters. The average Bonchev–Trinajstić information content (AvgIpc) is 2.95. The molecule has 0 saturated carbocycles. The summed E-state index contributed by atoms with van der Waals surface area (Å²) in [5.74, 6) is -0.146. The Balaban J connectivity index is 1.49. The number of aliphatic hydroxyl groups is 1. The highest BCUT2D eigenvalue weighted by Gasteiger charge is 2.39. The summed E-state index contributed by atoms with van der Waals surface area (Å²) in [5.41, 5.74) is 1.75. The lowest BCUT2D eigenvalue weighted by Crippen LogP contribution is -2.43. The normalized spacial score (nSPS) is 11.8. The summed E-state index contributed by atoms with van der Waals surface area (Å²) >= 11 is 3.31.